The minimum Gasteiger partial charge on any atom is -0.362 e. The first-order valence-electron chi connectivity index (χ1n) is 6.69. The van der Waals surface area contributed by atoms with Crippen LogP contribution in [0.25, 0.3) is 0 Å². The summed E-state index contributed by atoms with van der Waals surface area (Å²) >= 11 is 1.90. The van der Waals surface area contributed by atoms with Crippen molar-refractivity contribution in [3.05, 3.63) is 0 Å². The molecule has 1 aliphatic heterocycles. The van der Waals surface area contributed by atoms with Crippen molar-refractivity contribution < 1.29 is 0 Å². The second-order valence-corrected chi connectivity index (χ2v) is 6.36. The molecule has 2 rings (SSSR count). The number of amidine groups is 1. The van der Waals surface area contributed by atoms with Crippen LogP contribution in [0.1, 0.15) is 46.0 Å². The Morgan fingerprint density at radius 2 is 2.06 bits per heavy atom. The molecule has 2 aliphatic rings. The molecule has 1 saturated heterocycles. The molecule has 1 N–H and O–H groups in total. The van der Waals surface area contributed by atoms with E-state index in [1.807, 2.05) is 11.8 Å². The van der Waals surface area contributed by atoms with E-state index in [9.17, 15) is 0 Å². The first-order chi connectivity index (χ1) is 7.75. The van der Waals surface area contributed by atoms with Gasteiger partial charge in [-0.1, -0.05) is 44.4 Å². The Balaban J connectivity index is 1.70. The third-order valence-electron chi connectivity index (χ3n) is 3.96. The van der Waals surface area contributed by atoms with Crippen LogP contribution in [0, 0.1) is 11.8 Å². The first-order valence-corrected chi connectivity index (χ1v) is 7.68. The highest BCUT2D eigenvalue weighted by atomic mass is 32.2. The van der Waals surface area contributed by atoms with Gasteiger partial charge in [-0.3, -0.25) is 4.99 Å². The lowest BCUT2D eigenvalue weighted by atomic mass is 10.0. The highest BCUT2D eigenvalue weighted by Gasteiger charge is 2.20. The van der Waals surface area contributed by atoms with E-state index in [1.165, 1.54) is 43.0 Å². The van der Waals surface area contributed by atoms with Gasteiger partial charge >= 0.3 is 0 Å². The number of nitrogens with one attached hydrogen (secondary N) is 1. The molecule has 3 heteroatoms. The molecule has 0 radical (unpaired) electrons. The molecule has 2 atom stereocenters. The Hall–Kier alpha value is -0.180. The van der Waals surface area contributed by atoms with Gasteiger partial charge in [0.25, 0.3) is 0 Å². The van der Waals surface area contributed by atoms with E-state index in [2.05, 4.69) is 19.2 Å². The molecule has 0 aromatic heterocycles. The summed E-state index contributed by atoms with van der Waals surface area (Å²) in [6.07, 6.45) is 7.08. The van der Waals surface area contributed by atoms with Crippen molar-refractivity contribution in [3.8, 4) is 0 Å². The van der Waals surface area contributed by atoms with Gasteiger partial charge in [0.15, 0.2) is 5.17 Å². The summed E-state index contributed by atoms with van der Waals surface area (Å²) in [6, 6.07) is 0.589. The Morgan fingerprint density at radius 1 is 1.31 bits per heavy atom. The molecule has 0 amide bonds. The normalized spacial score (nSPS) is 34.2. The molecule has 0 aromatic carbocycles. The quantitative estimate of drug-likeness (QED) is 0.818. The summed E-state index contributed by atoms with van der Waals surface area (Å²) < 4.78 is 0. The van der Waals surface area contributed by atoms with Crippen LogP contribution < -0.4 is 5.32 Å². The standard InChI is InChI=1S/C13H24N2S/c1-10-9-16-13(15-11(10)2)14-8-7-12-5-3-4-6-12/h10-12H,3-9H2,1-2H3,(H,14,15). The molecule has 1 saturated carbocycles. The van der Waals surface area contributed by atoms with Gasteiger partial charge in [0, 0.05) is 18.3 Å². The summed E-state index contributed by atoms with van der Waals surface area (Å²) in [6.45, 7) is 5.60. The molecule has 1 heterocycles. The molecule has 2 nitrogen and oxygen atoms in total. The van der Waals surface area contributed by atoms with E-state index in [1.54, 1.807) is 0 Å². The van der Waals surface area contributed by atoms with Crippen LogP contribution in [0.4, 0.5) is 0 Å². The molecule has 1 aliphatic carbocycles. The Bertz CT molecular complexity index is 246. The van der Waals surface area contributed by atoms with Crippen molar-refractivity contribution in [1.82, 2.24) is 5.32 Å². The van der Waals surface area contributed by atoms with Crippen molar-refractivity contribution in [2.45, 2.75) is 52.0 Å². The van der Waals surface area contributed by atoms with Gasteiger partial charge in [0.05, 0.1) is 0 Å². The first kappa shape index (κ1) is 12.3. The molecule has 16 heavy (non-hydrogen) atoms. The van der Waals surface area contributed by atoms with Crippen molar-refractivity contribution in [1.29, 1.82) is 0 Å². The van der Waals surface area contributed by atoms with Gasteiger partial charge in [-0.05, 0) is 25.2 Å². The highest BCUT2D eigenvalue weighted by Crippen LogP contribution is 2.27. The number of thioether (sulfide) groups is 1. The van der Waals surface area contributed by atoms with E-state index < -0.39 is 0 Å². The van der Waals surface area contributed by atoms with Gasteiger partial charge in [-0.15, -0.1) is 0 Å². The molecule has 2 unspecified atom stereocenters. The number of hydrogen-bond acceptors (Lipinski definition) is 2. The topological polar surface area (TPSA) is 24.4 Å². The lowest BCUT2D eigenvalue weighted by Crippen LogP contribution is -2.41. The zero-order chi connectivity index (χ0) is 11.4. The van der Waals surface area contributed by atoms with Crippen LogP contribution in [0.15, 0.2) is 4.99 Å². The maximum absolute atomic E-state index is 4.70. The SMILES string of the molecule is CC1CSC(=NCCC2CCCC2)NC1C. The van der Waals surface area contributed by atoms with Gasteiger partial charge in [-0.25, -0.2) is 0 Å². The van der Waals surface area contributed by atoms with Crippen LogP contribution in [0.2, 0.25) is 0 Å². The number of rotatable bonds is 3. The minimum absolute atomic E-state index is 0.589. The van der Waals surface area contributed by atoms with Crippen LogP contribution in [-0.2, 0) is 0 Å². The Morgan fingerprint density at radius 3 is 2.75 bits per heavy atom. The Kier molecular flexibility index (Phi) is 4.56. The van der Waals surface area contributed by atoms with Crippen LogP contribution in [-0.4, -0.2) is 23.5 Å². The van der Waals surface area contributed by atoms with E-state index in [-0.39, 0.29) is 0 Å². The second kappa shape index (κ2) is 5.95. The van der Waals surface area contributed by atoms with Crippen molar-refractivity contribution >= 4 is 16.9 Å². The molecule has 0 bridgehead atoms. The highest BCUT2D eigenvalue weighted by molar-refractivity contribution is 8.13. The fraction of sp³-hybridized carbons (Fsp3) is 0.923. The predicted octanol–water partition coefficient (Wildman–Crippen LogP) is 3.28. The summed E-state index contributed by atoms with van der Waals surface area (Å²) in [7, 11) is 0. The van der Waals surface area contributed by atoms with Gasteiger partial charge in [-0.2, -0.15) is 0 Å². The van der Waals surface area contributed by atoms with Crippen LogP contribution in [0.5, 0.6) is 0 Å². The molecule has 0 spiro atoms. The predicted molar refractivity (Wildman–Crippen MR) is 73.1 cm³/mol. The maximum atomic E-state index is 4.70. The monoisotopic (exact) mass is 240 g/mol. The van der Waals surface area contributed by atoms with E-state index in [0.717, 1.165) is 18.4 Å². The third-order valence-corrected chi connectivity index (χ3v) is 5.17. The second-order valence-electron chi connectivity index (χ2n) is 5.35. The van der Waals surface area contributed by atoms with E-state index >= 15 is 0 Å². The summed E-state index contributed by atoms with van der Waals surface area (Å²) in [5.74, 6) is 2.95. The fourth-order valence-electron chi connectivity index (χ4n) is 2.47. The van der Waals surface area contributed by atoms with E-state index in [0.29, 0.717) is 6.04 Å². The molecule has 92 valence electrons. The Labute approximate surface area is 104 Å². The summed E-state index contributed by atoms with van der Waals surface area (Å²) in [4.78, 5) is 4.70. The minimum atomic E-state index is 0.589. The average Bonchev–Trinajstić information content (AvgIpc) is 2.76. The lowest BCUT2D eigenvalue weighted by molar-refractivity contribution is 0.486. The number of aliphatic imine (C=N–C) groups is 1. The fourth-order valence-corrected chi connectivity index (χ4v) is 3.63. The third kappa shape index (κ3) is 3.41. The number of hydrogen-bond donors (Lipinski definition) is 1. The zero-order valence-electron chi connectivity index (χ0n) is 10.5. The maximum Gasteiger partial charge on any atom is 0.156 e. The van der Waals surface area contributed by atoms with Crippen molar-refractivity contribution in [2.75, 3.05) is 12.3 Å². The smallest absolute Gasteiger partial charge is 0.156 e. The largest absolute Gasteiger partial charge is 0.362 e. The van der Waals surface area contributed by atoms with Crippen molar-refractivity contribution in [3.63, 3.8) is 0 Å². The molecular formula is C13H24N2S. The van der Waals surface area contributed by atoms with Crippen molar-refractivity contribution in [2.24, 2.45) is 16.8 Å². The molecule has 0 aromatic rings. The van der Waals surface area contributed by atoms with Gasteiger partial charge in [0.1, 0.15) is 0 Å². The molecule has 2 fully saturated rings. The van der Waals surface area contributed by atoms with Crippen LogP contribution in [0.3, 0.4) is 0 Å². The molecular weight excluding hydrogens is 216 g/mol. The van der Waals surface area contributed by atoms with E-state index in [4.69, 9.17) is 4.99 Å². The summed E-state index contributed by atoms with van der Waals surface area (Å²) in [5, 5.41) is 4.69. The number of nitrogens with zero attached hydrogens (tertiary/aromatic N) is 1. The zero-order valence-corrected chi connectivity index (χ0v) is 11.4. The van der Waals surface area contributed by atoms with Gasteiger partial charge in [0.2, 0.25) is 0 Å². The summed E-state index contributed by atoms with van der Waals surface area (Å²) in [5.41, 5.74) is 0. The van der Waals surface area contributed by atoms with Crippen LogP contribution >= 0.6 is 11.8 Å². The average molecular weight is 240 g/mol. The van der Waals surface area contributed by atoms with Gasteiger partial charge < -0.3 is 5.32 Å². The lowest BCUT2D eigenvalue weighted by Gasteiger charge is -2.28.